The van der Waals surface area contributed by atoms with Crippen LogP contribution in [0.5, 0.6) is 0 Å². The van der Waals surface area contributed by atoms with Crippen molar-refractivity contribution in [2.45, 2.75) is 0 Å². The molecule has 0 spiro atoms. The average Bonchev–Trinajstić information content (AvgIpc) is 2.22. The molecule has 0 aromatic heterocycles. The highest BCUT2D eigenvalue weighted by molar-refractivity contribution is 9.10. The van der Waals surface area contributed by atoms with Crippen molar-refractivity contribution in [3.8, 4) is 0 Å². The Hall–Kier alpha value is -0.650. The Balaban J connectivity index is 2.41. The lowest BCUT2D eigenvalue weighted by Crippen LogP contribution is -2.31. The van der Waals surface area contributed by atoms with Gasteiger partial charge in [-0.25, -0.2) is 0 Å². The van der Waals surface area contributed by atoms with Crippen LogP contribution in [0.15, 0.2) is 28.7 Å². The van der Waals surface area contributed by atoms with Crippen LogP contribution in [-0.2, 0) is 4.74 Å². The van der Waals surface area contributed by atoms with Gasteiger partial charge in [0.25, 0.3) is 0 Å². The van der Waals surface area contributed by atoms with Crippen LogP contribution in [0, 0.1) is 0 Å². The number of anilines is 1. The van der Waals surface area contributed by atoms with Gasteiger partial charge < -0.3 is 15.4 Å². The highest BCUT2D eigenvalue weighted by Crippen LogP contribution is 2.20. The van der Waals surface area contributed by atoms with Crippen LogP contribution in [0.4, 0.5) is 5.69 Å². The van der Waals surface area contributed by atoms with Crippen molar-refractivity contribution in [1.29, 1.82) is 0 Å². The first-order valence-corrected chi connectivity index (χ1v) is 5.72. The Labute approximate surface area is 103 Å². The third-order valence-corrected chi connectivity index (χ3v) is 2.65. The van der Waals surface area contributed by atoms with Crippen LogP contribution in [0.2, 0.25) is 0 Å². The minimum absolute atomic E-state index is 0.596. The first-order chi connectivity index (χ1) is 7.24. The van der Waals surface area contributed by atoms with Gasteiger partial charge in [-0.3, -0.25) is 0 Å². The second-order valence-corrected chi connectivity index (χ2v) is 4.12. The SMILES string of the molecule is COCCNC(=S)Nc1ccccc1Br. The quantitative estimate of drug-likeness (QED) is 0.658. The summed E-state index contributed by atoms with van der Waals surface area (Å²) in [4.78, 5) is 0. The molecule has 0 amide bonds. The smallest absolute Gasteiger partial charge is 0.170 e. The van der Waals surface area contributed by atoms with Crippen molar-refractivity contribution in [2.24, 2.45) is 0 Å². The standard InChI is InChI=1S/C10H13BrN2OS/c1-14-7-6-12-10(15)13-9-5-3-2-4-8(9)11/h2-5H,6-7H2,1H3,(H2,12,13,15). The maximum Gasteiger partial charge on any atom is 0.170 e. The Kier molecular flexibility index (Phi) is 5.60. The number of ether oxygens (including phenoxy) is 1. The normalized spacial score (nSPS) is 9.73. The van der Waals surface area contributed by atoms with Crippen LogP contribution < -0.4 is 10.6 Å². The maximum atomic E-state index is 5.11. The van der Waals surface area contributed by atoms with Crippen molar-refractivity contribution < 1.29 is 4.74 Å². The van der Waals surface area contributed by atoms with E-state index in [-0.39, 0.29) is 0 Å². The molecule has 1 rings (SSSR count). The molecule has 0 fully saturated rings. The molecule has 82 valence electrons. The summed E-state index contributed by atoms with van der Waals surface area (Å²) in [6.45, 7) is 1.34. The first kappa shape index (κ1) is 12.4. The summed E-state index contributed by atoms with van der Waals surface area (Å²) in [5.74, 6) is 0. The number of hydrogen-bond donors (Lipinski definition) is 2. The van der Waals surface area contributed by atoms with E-state index in [0.717, 1.165) is 10.2 Å². The monoisotopic (exact) mass is 288 g/mol. The molecule has 0 bridgehead atoms. The fourth-order valence-electron chi connectivity index (χ4n) is 0.996. The molecule has 0 aliphatic carbocycles. The lowest BCUT2D eigenvalue weighted by atomic mass is 10.3. The van der Waals surface area contributed by atoms with Crippen LogP contribution in [0.25, 0.3) is 0 Å². The highest BCUT2D eigenvalue weighted by atomic mass is 79.9. The predicted molar refractivity (Wildman–Crippen MR) is 70.2 cm³/mol. The predicted octanol–water partition coefficient (Wildman–Crippen LogP) is 2.38. The molecule has 0 radical (unpaired) electrons. The number of hydrogen-bond acceptors (Lipinski definition) is 2. The summed E-state index contributed by atoms with van der Waals surface area (Å²) in [6, 6.07) is 7.82. The summed E-state index contributed by atoms with van der Waals surface area (Å²) in [6.07, 6.45) is 0. The molecule has 0 atom stereocenters. The van der Waals surface area contributed by atoms with Crippen LogP contribution in [-0.4, -0.2) is 25.4 Å². The summed E-state index contributed by atoms with van der Waals surface area (Å²) >= 11 is 8.54. The molecular weight excluding hydrogens is 276 g/mol. The number of methoxy groups -OCH3 is 1. The van der Waals surface area contributed by atoms with Gasteiger partial charge in [-0.1, -0.05) is 12.1 Å². The van der Waals surface area contributed by atoms with Gasteiger partial charge in [0, 0.05) is 18.1 Å². The second-order valence-electron chi connectivity index (χ2n) is 2.85. The van der Waals surface area contributed by atoms with Gasteiger partial charge in [0.05, 0.1) is 12.3 Å². The zero-order valence-electron chi connectivity index (χ0n) is 8.42. The van der Waals surface area contributed by atoms with Crippen molar-refractivity contribution in [3.63, 3.8) is 0 Å². The molecule has 0 heterocycles. The van der Waals surface area contributed by atoms with Crippen LogP contribution in [0.1, 0.15) is 0 Å². The number of para-hydroxylation sites is 1. The Bertz CT molecular complexity index is 333. The van der Waals surface area contributed by atoms with Crippen LogP contribution in [0.3, 0.4) is 0 Å². The lowest BCUT2D eigenvalue weighted by Gasteiger charge is -2.11. The third kappa shape index (κ3) is 4.59. The fourth-order valence-corrected chi connectivity index (χ4v) is 1.59. The fraction of sp³-hybridized carbons (Fsp3) is 0.300. The summed E-state index contributed by atoms with van der Waals surface area (Å²) < 4.78 is 5.89. The van der Waals surface area contributed by atoms with E-state index in [2.05, 4.69) is 26.6 Å². The third-order valence-electron chi connectivity index (χ3n) is 1.71. The number of rotatable bonds is 4. The van der Waals surface area contributed by atoms with E-state index in [1.54, 1.807) is 7.11 Å². The molecular formula is C10H13BrN2OS. The number of benzene rings is 1. The van der Waals surface area contributed by atoms with Crippen LogP contribution >= 0.6 is 28.1 Å². The molecule has 0 unspecified atom stereocenters. The summed E-state index contributed by atoms with van der Waals surface area (Å²) in [5.41, 5.74) is 0.951. The first-order valence-electron chi connectivity index (χ1n) is 4.52. The number of nitrogens with one attached hydrogen (secondary N) is 2. The second kappa shape index (κ2) is 6.76. The molecule has 3 nitrogen and oxygen atoms in total. The zero-order valence-corrected chi connectivity index (χ0v) is 10.8. The number of thiocarbonyl (C=S) groups is 1. The van der Waals surface area contributed by atoms with E-state index >= 15 is 0 Å². The average molecular weight is 289 g/mol. The van der Waals surface area contributed by atoms with E-state index in [9.17, 15) is 0 Å². The zero-order chi connectivity index (χ0) is 11.1. The molecule has 0 aliphatic heterocycles. The summed E-state index contributed by atoms with van der Waals surface area (Å²) in [5, 5.41) is 6.72. The van der Waals surface area contributed by atoms with E-state index in [0.29, 0.717) is 18.3 Å². The maximum absolute atomic E-state index is 5.11. The Morgan fingerprint density at radius 1 is 1.47 bits per heavy atom. The van der Waals surface area contributed by atoms with E-state index < -0.39 is 0 Å². The summed E-state index contributed by atoms with van der Waals surface area (Å²) in [7, 11) is 1.66. The van der Waals surface area contributed by atoms with Gasteiger partial charge in [-0.2, -0.15) is 0 Å². The van der Waals surface area contributed by atoms with E-state index in [4.69, 9.17) is 17.0 Å². The van der Waals surface area contributed by atoms with Gasteiger partial charge in [-0.15, -0.1) is 0 Å². The van der Waals surface area contributed by atoms with Gasteiger partial charge in [-0.05, 0) is 40.3 Å². The minimum atomic E-state index is 0.596. The topological polar surface area (TPSA) is 33.3 Å². The highest BCUT2D eigenvalue weighted by Gasteiger charge is 1.99. The largest absolute Gasteiger partial charge is 0.383 e. The molecule has 0 saturated carbocycles. The Morgan fingerprint density at radius 2 is 2.20 bits per heavy atom. The van der Waals surface area contributed by atoms with Gasteiger partial charge in [0.2, 0.25) is 0 Å². The molecule has 15 heavy (non-hydrogen) atoms. The minimum Gasteiger partial charge on any atom is -0.383 e. The van der Waals surface area contributed by atoms with Crippen molar-refractivity contribution in [1.82, 2.24) is 5.32 Å². The van der Waals surface area contributed by atoms with Crippen molar-refractivity contribution in [3.05, 3.63) is 28.7 Å². The van der Waals surface area contributed by atoms with E-state index in [1.807, 2.05) is 24.3 Å². The molecule has 0 aliphatic rings. The number of halogens is 1. The molecule has 5 heteroatoms. The van der Waals surface area contributed by atoms with Gasteiger partial charge in [0.1, 0.15) is 0 Å². The lowest BCUT2D eigenvalue weighted by molar-refractivity contribution is 0.204. The molecule has 2 N–H and O–H groups in total. The van der Waals surface area contributed by atoms with E-state index in [1.165, 1.54) is 0 Å². The molecule has 0 saturated heterocycles. The Morgan fingerprint density at radius 3 is 2.87 bits per heavy atom. The molecule has 1 aromatic carbocycles. The molecule has 1 aromatic rings. The van der Waals surface area contributed by atoms with Gasteiger partial charge in [0.15, 0.2) is 5.11 Å². The van der Waals surface area contributed by atoms with Gasteiger partial charge >= 0.3 is 0 Å². The van der Waals surface area contributed by atoms with Crippen molar-refractivity contribution >= 4 is 38.9 Å². The van der Waals surface area contributed by atoms with Crippen molar-refractivity contribution in [2.75, 3.05) is 25.6 Å².